The number of aryl methyl sites for hydroxylation is 1. The van der Waals surface area contributed by atoms with Gasteiger partial charge in [-0.2, -0.15) is 0 Å². The number of hydrogen-bond acceptors (Lipinski definition) is 6. The molecular formula is C20H17N3O2S. The van der Waals surface area contributed by atoms with Gasteiger partial charge in [0.2, 0.25) is 0 Å². The van der Waals surface area contributed by atoms with Crippen LogP contribution in [-0.4, -0.2) is 22.1 Å². The molecule has 1 aromatic heterocycles. The van der Waals surface area contributed by atoms with E-state index in [4.69, 9.17) is 9.15 Å². The average Bonchev–Trinajstić information content (AvgIpc) is 3.16. The maximum Gasteiger partial charge on any atom is 0.191 e. The van der Waals surface area contributed by atoms with Crippen LogP contribution in [0.5, 0.6) is 5.75 Å². The highest BCUT2D eigenvalue weighted by atomic mass is 32.2. The van der Waals surface area contributed by atoms with E-state index >= 15 is 0 Å². The fourth-order valence-corrected chi connectivity index (χ4v) is 3.47. The Morgan fingerprint density at radius 3 is 2.27 bits per heavy atom. The Kier molecular flexibility index (Phi) is 4.58. The van der Waals surface area contributed by atoms with Crippen molar-refractivity contribution >= 4 is 11.8 Å². The van der Waals surface area contributed by atoms with E-state index in [0.29, 0.717) is 11.6 Å². The van der Waals surface area contributed by atoms with Crippen molar-refractivity contribution in [2.75, 3.05) is 7.11 Å². The van der Waals surface area contributed by atoms with Crippen LogP contribution in [0.25, 0.3) is 22.6 Å². The first-order valence-electron chi connectivity index (χ1n) is 8.19. The summed E-state index contributed by atoms with van der Waals surface area (Å²) in [6, 6.07) is 17.6. The summed E-state index contributed by atoms with van der Waals surface area (Å²) < 4.78 is 11.0. The molecule has 2 aromatic rings. The van der Waals surface area contributed by atoms with Crippen LogP contribution in [0.2, 0.25) is 0 Å². The molecule has 1 aliphatic carbocycles. The summed E-state index contributed by atoms with van der Waals surface area (Å²) in [7, 11) is 1.65. The molecule has 0 saturated carbocycles. The molecular weight excluding hydrogens is 346 g/mol. The van der Waals surface area contributed by atoms with E-state index in [-0.39, 0.29) is 0 Å². The van der Waals surface area contributed by atoms with E-state index in [1.165, 1.54) is 0 Å². The van der Waals surface area contributed by atoms with Gasteiger partial charge in [-0.05, 0) is 36.4 Å². The van der Waals surface area contributed by atoms with Crippen molar-refractivity contribution < 1.29 is 9.15 Å². The fraction of sp³-hybridized carbons (Fsp3) is 0.150. The predicted molar refractivity (Wildman–Crippen MR) is 101 cm³/mol. The molecule has 0 spiro atoms. The normalized spacial score (nSPS) is 11.0. The van der Waals surface area contributed by atoms with Crippen LogP contribution in [-0.2, 0) is 5.75 Å². The summed E-state index contributed by atoms with van der Waals surface area (Å²) in [5.41, 5.74) is 3.63. The molecule has 1 aromatic carbocycles. The molecule has 0 unspecified atom stereocenters. The molecule has 6 heteroatoms. The maximum absolute atomic E-state index is 5.82. The zero-order chi connectivity index (χ0) is 17.9. The summed E-state index contributed by atoms with van der Waals surface area (Å²) >= 11 is 1.55. The molecule has 0 fully saturated rings. The van der Waals surface area contributed by atoms with E-state index in [1.807, 2.05) is 61.5 Å². The molecule has 0 amide bonds. The topological polar surface area (TPSA) is 61.0 Å². The number of oxazole rings is 1. The lowest BCUT2D eigenvalue weighted by molar-refractivity contribution is 0.415. The van der Waals surface area contributed by atoms with Crippen LogP contribution in [0, 0.1) is 6.92 Å². The quantitative estimate of drug-likeness (QED) is 0.473. The first-order valence-corrected chi connectivity index (χ1v) is 9.18. The lowest BCUT2D eigenvalue weighted by atomic mass is 10.1. The van der Waals surface area contributed by atoms with Gasteiger partial charge in [0, 0.05) is 12.5 Å². The van der Waals surface area contributed by atoms with Gasteiger partial charge in [0.1, 0.15) is 17.2 Å². The second-order valence-electron chi connectivity index (χ2n) is 5.71. The van der Waals surface area contributed by atoms with Crippen LogP contribution in [0.1, 0.15) is 11.7 Å². The summed E-state index contributed by atoms with van der Waals surface area (Å²) in [6.45, 7) is 1.86. The average molecular weight is 363 g/mol. The molecule has 26 heavy (non-hydrogen) atoms. The van der Waals surface area contributed by atoms with Gasteiger partial charge in [0.05, 0.1) is 24.3 Å². The number of imidazole rings is 1. The van der Waals surface area contributed by atoms with Crippen molar-refractivity contribution in [2.45, 2.75) is 17.8 Å². The lowest BCUT2D eigenvalue weighted by Crippen LogP contribution is -1.87. The fourth-order valence-electron chi connectivity index (χ4n) is 2.68. The van der Waals surface area contributed by atoms with Crippen molar-refractivity contribution in [1.29, 1.82) is 0 Å². The molecule has 1 aliphatic heterocycles. The highest BCUT2D eigenvalue weighted by Gasteiger charge is 2.16. The van der Waals surface area contributed by atoms with Gasteiger partial charge in [-0.1, -0.05) is 30.0 Å². The number of rotatable bonds is 5. The molecule has 130 valence electrons. The van der Waals surface area contributed by atoms with Crippen molar-refractivity contribution in [1.82, 2.24) is 15.0 Å². The second-order valence-corrected chi connectivity index (χ2v) is 6.65. The third-order valence-electron chi connectivity index (χ3n) is 3.93. The SMILES string of the molecule is COc1ccc(-c2nc(C)oc2CSc2nc3cccccc-3n2)cc1. The number of fused-ring (bicyclic) bond motifs is 1. The van der Waals surface area contributed by atoms with E-state index < -0.39 is 0 Å². The first kappa shape index (κ1) is 16.6. The Bertz CT molecular complexity index is 967. The van der Waals surface area contributed by atoms with Crippen LogP contribution in [0.3, 0.4) is 0 Å². The van der Waals surface area contributed by atoms with Gasteiger partial charge in [-0.3, -0.25) is 0 Å². The highest BCUT2D eigenvalue weighted by molar-refractivity contribution is 7.98. The Labute approximate surface area is 155 Å². The van der Waals surface area contributed by atoms with Crippen LogP contribution in [0.15, 0.2) is 64.2 Å². The molecule has 0 bridgehead atoms. The molecule has 5 nitrogen and oxygen atoms in total. The van der Waals surface area contributed by atoms with Crippen molar-refractivity contribution in [3.63, 3.8) is 0 Å². The molecule has 0 atom stereocenters. The van der Waals surface area contributed by atoms with Gasteiger partial charge in [0.15, 0.2) is 11.0 Å². The standard InChI is InChI=1S/C20H17N3O2S/c1-13-21-19(14-8-10-15(24-2)11-9-14)18(25-13)12-26-20-22-16-6-4-3-5-7-17(16)23-20/h3-11H,12H2,1-2H3. The first-order chi connectivity index (χ1) is 12.7. The zero-order valence-electron chi connectivity index (χ0n) is 14.5. The van der Waals surface area contributed by atoms with Crippen molar-refractivity contribution in [3.8, 4) is 28.4 Å². The van der Waals surface area contributed by atoms with Gasteiger partial charge in [-0.15, -0.1) is 0 Å². The van der Waals surface area contributed by atoms with Crippen molar-refractivity contribution in [3.05, 3.63) is 66.2 Å². The minimum absolute atomic E-state index is 0.616. The molecule has 2 heterocycles. The van der Waals surface area contributed by atoms with E-state index in [9.17, 15) is 0 Å². The monoisotopic (exact) mass is 363 g/mol. The van der Waals surface area contributed by atoms with Crippen LogP contribution < -0.4 is 4.74 Å². The third kappa shape index (κ3) is 3.41. The van der Waals surface area contributed by atoms with Gasteiger partial charge >= 0.3 is 0 Å². The van der Waals surface area contributed by atoms with Crippen molar-refractivity contribution in [2.24, 2.45) is 0 Å². The highest BCUT2D eigenvalue weighted by Crippen LogP contribution is 2.31. The summed E-state index contributed by atoms with van der Waals surface area (Å²) in [5, 5.41) is 0.737. The number of hydrogen-bond donors (Lipinski definition) is 0. The number of benzene rings is 1. The van der Waals surface area contributed by atoms with Crippen LogP contribution in [0.4, 0.5) is 0 Å². The Hall–Kier alpha value is -2.86. The minimum atomic E-state index is 0.616. The number of ether oxygens (including phenoxy) is 1. The summed E-state index contributed by atoms with van der Waals surface area (Å²) in [6.07, 6.45) is 0. The van der Waals surface area contributed by atoms with E-state index in [2.05, 4.69) is 15.0 Å². The Balaban J connectivity index is 1.57. The number of nitrogens with zero attached hydrogens (tertiary/aromatic N) is 3. The minimum Gasteiger partial charge on any atom is -0.497 e. The molecule has 0 saturated heterocycles. The number of methoxy groups -OCH3 is 1. The lowest BCUT2D eigenvalue weighted by Gasteiger charge is -2.02. The van der Waals surface area contributed by atoms with Gasteiger partial charge in [0.25, 0.3) is 0 Å². The van der Waals surface area contributed by atoms with Gasteiger partial charge in [-0.25, -0.2) is 15.0 Å². The van der Waals surface area contributed by atoms with Gasteiger partial charge < -0.3 is 9.15 Å². The number of aromatic nitrogens is 3. The van der Waals surface area contributed by atoms with Crippen LogP contribution >= 0.6 is 11.8 Å². The molecule has 2 aliphatic rings. The summed E-state index contributed by atoms with van der Waals surface area (Å²) in [5.74, 6) is 2.89. The van der Waals surface area contributed by atoms with E-state index in [1.54, 1.807) is 18.9 Å². The number of thioether (sulfide) groups is 1. The predicted octanol–water partition coefficient (Wildman–Crippen LogP) is 4.85. The Morgan fingerprint density at radius 1 is 0.923 bits per heavy atom. The maximum atomic E-state index is 5.82. The Morgan fingerprint density at radius 2 is 1.62 bits per heavy atom. The largest absolute Gasteiger partial charge is 0.497 e. The smallest absolute Gasteiger partial charge is 0.191 e. The zero-order valence-corrected chi connectivity index (χ0v) is 15.3. The van der Waals surface area contributed by atoms with E-state index in [0.717, 1.165) is 39.3 Å². The molecule has 0 N–H and O–H groups in total. The second kappa shape index (κ2) is 7.17. The third-order valence-corrected chi connectivity index (χ3v) is 4.77. The molecule has 0 radical (unpaired) electrons. The summed E-state index contributed by atoms with van der Waals surface area (Å²) in [4.78, 5) is 13.7. The molecule has 4 rings (SSSR count).